The van der Waals surface area contributed by atoms with E-state index in [-0.39, 0.29) is 18.7 Å². The number of aliphatic hydroxyl groups excluding tert-OH is 1. The fourth-order valence-electron chi connectivity index (χ4n) is 2.91. The number of rotatable bonds is 2. The van der Waals surface area contributed by atoms with Crippen LogP contribution in [-0.4, -0.2) is 38.5 Å². The lowest BCUT2D eigenvalue weighted by molar-refractivity contribution is 0.0709. The third-order valence-corrected chi connectivity index (χ3v) is 3.97. The van der Waals surface area contributed by atoms with Crippen molar-refractivity contribution in [3.05, 3.63) is 63.3 Å². The normalized spacial score (nSPS) is 20.4. The molecule has 8 heteroatoms. The summed E-state index contributed by atoms with van der Waals surface area (Å²) >= 11 is 0. The van der Waals surface area contributed by atoms with Gasteiger partial charge < -0.3 is 15.0 Å². The summed E-state index contributed by atoms with van der Waals surface area (Å²) < 4.78 is 26.6. The number of likely N-dealkylation sites (tertiary alicyclic amines) is 1. The van der Waals surface area contributed by atoms with Gasteiger partial charge in [0.25, 0.3) is 5.91 Å². The molecule has 0 saturated carbocycles. The molecule has 2 aromatic rings. The zero-order valence-corrected chi connectivity index (χ0v) is 12.8. The second-order valence-corrected chi connectivity index (χ2v) is 5.79. The third-order valence-electron chi connectivity index (χ3n) is 3.97. The zero-order chi connectivity index (χ0) is 17.4. The van der Waals surface area contributed by atoms with Gasteiger partial charge in [-0.2, -0.15) is 4.98 Å². The summed E-state index contributed by atoms with van der Waals surface area (Å²) in [6.45, 7) is 1.64. The van der Waals surface area contributed by atoms with Crippen LogP contribution in [0.1, 0.15) is 34.2 Å². The number of β-amino-alcohol motifs (C(OH)–C–C–N with tert-alkyl or cyclic N) is 1. The fourth-order valence-corrected chi connectivity index (χ4v) is 2.91. The van der Waals surface area contributed by atoms with E-state index < -0.39 is 35.4 Å². The molecule has 126 valence electrons. The summed E-state index contributed by atoms with van der Waals surface area (Å²) in [6, 6.07) is 4.17. The molecule has 0 radical (unpaired) electrons. The van der Waals surface area contributed by atoms with E-state index in [9.17, 15) is 23.5 Å². The highest BCUT2D eigenvalue weighted by Crippen LogP contribution is 2.33. The number of halogens is 2. The Bertz CT molecular complexity index is 853. The number of benzene rings is 1. The van der Waals surface area contributed by atoms with Crippen molar-refractivity contribution < 1.29 is 18.7 Å². The lowest BCUT2D eigenvalue weighted by Gasteiger charge is -2.24. The van der Waals surface area contributed by atoms with Crippen molar-refractivity contribution >= 4 is 5.91 Å². The van der Waals surface area contributed by atoms with Crippen molar-refractivity contribution in [2.45, 2.75) is 25.5 Å². The molecule has 6 nitrogen and oxygen atoms in total. The predicted octanol–water partition coefficient (Wildman–Crippen LogP) is 1.30. The van der Waals surface area contributed by atoms with E-state index >= 15 is 0 Å². The van der Waals surface area contributed by atoms with Gasteiger partial charge in [0.2, 0.25) is 0 Å². The van der Waals surface area contributed by atoms with Crippen LogP contribution >= 0.6 is 0 Å². The first-order valence-electron chi connectivity index (χ1n) is 7.37. The molecule has 24 heavy (non-hydrogen) atoms. The van der Waals surface area contributed by atoms with Crippen LogP contribution in [0.25, 0.3) is 0 Å². The van der Waals surface area contributed by atoms with Crippen molar-refractivity contribution in [3.8, 4) is 0 Å². The Labute approximate surface area is 135 Å². The van der Waals surface area contributed by atoms with Gasteiger partial charge in [0.05, 0.1) is 12.1 Å². The van der Waals surface area contributed by atoms with Crippen LogP contribution in [0, 0.1) is 18.6 Å². The Kier molecular flexibility index (Phi) is 4.15. The number of amides is 1. The number of carbonyl (C=O) groups excluding carboxylic acids is 1. The second-order valence-electron chi connectivity index (χ2n) is 5.79. The quantitative estimate of drug-likeness (QED) is 0.866. The standard InChI is InChI=1S/C16H15F2N3O3/c1-8-4-13(20-16(24)19-8)15(23)21-7-10(22)6-14(21)9-2-3-11(17)12(18)5-9/h2-5,10,14,22H,6-7H2,1H3,(H,19,20,24)/t10-,14-/m0/s1. The summed E-state index contributed by atoms with van der Waals surface area (Å²) in [4.78, 5) is 31.5. The van der Waals surface area contributed by atoms with Crippen LogP contribution in [0.3, 0.4) is 0 Å². The van der Waals surface area contributed by atoms with Crippen LogP contribution in [0.5, 0.6) is 0 Å². The number of nitrogens with zero attached hydrogens (tertiary/aromatic N) is 2. The molecular weight excluding hydrogens is 320 g/mol. The first kappa shape index (κ1) is 16.3. The first-order chi connectivity index (χ1) is 11.3. The molecule has 2 atom stereocenters. The Morgan fingerprint density at radius 2 is 2.08 bits per heavy atom. The largest absolute Gasteiger partial charge is 0.391 e. The van der Waals surface area contributed by atoms with E-state index in [4.69, 9.17) is 0 Å². The van der Waals surface area contributed by atoms with E-state index in [1.54, 1.807) is 6.92 Å². The molecule has 0 spiro atoms. The minimum Gasteiger partial charge on any atom is -0.391 e. The maximum atomic E-state index is 13.5. The van der Waals surface area contributed by atoms with Gasteiger partial charge >= 0.3 is 5.69 Å². The summed E-state index contributed by atoms with van der Waals surface area (Å²) in [5.41, 5.74) is 0.142. The smallest absolute Gasteiger partial charge is 0.345 e. The Balaban J connectivity index is 1.96. The van der Waals surface area contributed by atoms with Gasteiger partial charge in [-0.15, -0.1) is 0 Å². The van der Waals surface area contributed by atoms with Gasteiger partial charge in [-0.3, -0.25) is 4.79 Å². The molecule has 3 rings (SSSR count). The lowest BCUT2D eigenvalue weighted by Crippen LogP contribution is -2.34. The Hall–Kier alpha value is -2.61. The fraction of sp³-hybridized carbons (Fsp3) is 0.312. The third kappa shape index (κ3) is 3.05. The van der Waals surface area contributed by atoms with Gasteiger partial charge in [0.15, 0.2) is 11.6 Å². The molecule has 0 unspecified atom stereocenters. The molecule has 2 heterocycles. The van der Waals surface area contributed by atoms with Crippen molar-refractivity contribution in [3.63, 3.8) is 0 Å². The van der Waals surface area contributed by atoms with Gasteiger partial charge in [-0.25, -0.2) is 13.6 Å². The van der Waals surface area contributed by atoms with E-state index in [0.29, 0.717) is 11.3 Å². The number of hydrogen-bond donors (Lipinski definition) is 2. The molecule has 1 saturated heterocycles. The van der Waals surface area contributed by atoms with Crippen molar-refractivity contribution in [2.24, 2.45) is 0 Å². The first-order valence-corrected chi connectivity index (χ1v) is 7.37. The minimum absolute atomic E-state index is 0.0238. The number of hydrogen-bond acceptors (Lipinski definition) is 4. The summed E-state index contributed by atoms with van der Waals surface area (Å²) in [5, 5.41) is 9.91. The van der Waals surface area contributed by atoms with Crippen LogP contribution in [0.4, 0.5) is 8.78 Å². The maximum absolute atomic E-state index is 13.5. The average Bonchev–Trinajstić information content (AvgIpc) is 2.90. The minimum atomic E-state index is -1.02. The molecule has 1 fully saturated rings. The summed E-state index contributed by atoms with van der Waals surface area (Å²) in [6.07, 6.45) is -0.603. The zero-order valence-electron chi connectivity index (χ0n) is 12.8. The van der Waals surface area contributed by atoms with Gasteiger partial charge in [0.1, 0.15) is 5.69 Å². The number of H-pyrrole nitrogens is 1. The Morgan fingerprint density at radius 1 is 1.33 bits per heavy atom. The van der Waals surface area contributed by atoms with Crippen LogP contribution < -0.4 is 5.69 Å². The van der Waals surface area contributed by atoms with Crippen molar-refractivity contribution in [1.29, 1.82) is 0 Å². The highest BCUT2D eigenvalue weighted by atomic mass is 19.2. The van der Waals surface area contributed by atoms with Gasteiger partial charge in [-0.05, 0) is 37.1 Å². The van der Waals surface area contributed by atoms with E-state index in [1.165, 1.54) is 17.0 Å². The lowest BCUT2D eigenvalue weighted by atomic mass is 10.0. The number of carbonyl (C=O) groups is 1. The monoisotopic (exact) mass is 335 g/mol. The van der Waals surface area contributed by atoms with Crippen molar-refractivity contribution in [1.82, 2.24) is 14.9 Å². The number of aromatic amines is 1. The molecule has 1 aromatic carbocycles. The molecule has 1 aliphatic heterocycles. The van der Waals surface area contributed by atoms with Crippen molar-refractivity contribution in [2.75, 3.05) is 6.54 Å². The average molecular weight is 335 g/mol. The van der Waals surface area contributed by atoms with E-state index in [0.717, 1.165) is 12.1 Å². The predicted molar refractivity (Wildman–Crippen MR) is 80.4 cm³/mol. The SMILES string of the molecule is Cc1cc(C(=O)N2C[C@@H](O)C[C@H]2c2ccc(F)c(F)c2)nc(=O)[nH]1. The Morgan fingerprint density at radius 3 is 2.75 bits per heavy atom. The number of nitrogens with one attached hydrogen (secondary N) is 1. The second kappa shape index (κ2) is 6.12. The molecular formula is C16H15F2N3O3. The summed E-state index contributed by atoms with van der Waals surface area (Å²) in [5.74, 6) is -2.55. The highest BCUT2D eigenvalue weighted by molar-refractivity contribution is 5.92. The highest BCUT2D eigenvalue weighted by Gasteiger charge is 2.36. The topological polar surface area (TPSA) is 86.3 Å². The molecule has 2 N–H and O–H groups in total. The van der Waals surface area contributed by atoms with Crippen LogP contribution in [0.2, 0.25) is 0 Å². The number of aliphatic hydroxyl groups is 1. The molecule has 0 bridgehead atoms. The van der Waals surface area contributed by atoms with Crippen LogP contribution in [0.15, 0.2) is 29.1 Å². The number of aryl methyl sites for hydroxylation is 1. The van der Waals surface area contributed by atoms with E-state index in [2.05, 4.69) is 9.97 Å². The molecule has 1 aromatic heterocycles. The molecule has 1 amide bonds. The van der Waals surface area contributed by atoms with E-state index in [1.807, 2.05) is 0 Å². The summed E-state index contributed by atoms with van der Waals surface area (Å²) in [7, 11) is 0. The maximum Gasteiger partial charge on any atom is 0.345 e. The molecule has 0 aliphatic carbocycles. The van der Waals surface area contributed by atoms with Crippen LogP contribution in [-0.2, 0) is 0 Å². The van der Waals surface area contributed by atoms with Gasteiger partial charge in [0, 0.05) is 12.2 Å². The van der Waals surface area contributed by atoms with Gasteiger partial charge in [-0.1, -0.05) is 6.07 Å². The number of aromatic nitrogens is 2. The molecule has 1 aliphatic rings.